The van der Waals surface area contributed by atoms with Crippen LogP contribution in [0.1, 0.15) is 31.9 Å². The summed E-state index contributed by atoms with van der Waals surface area (Å²) in [4.78, 5) is 11.4. The van der Waals surface area contributed by atoms with Crippen LogP contribution < -0.4 is 5.32 Å². The van der Waals surface area contributed by atoms with Crippen molar-refractivity contribution in [2.24, 2.45) is 0 Å². The molecule has 1 amide bonds. The molecule has 0 aliphatic heterocycles. The predicted molar refractivity (Wildman–Crippen MR) is 76.4 cm³/mol. The molecule has 0 heterocycles. The molecule has 1 rings (SSSR count). The lowest BCUT2D eigenvalue weighted by Gasteiger charge is -2.19. The number of amides is 1. The smallest absolute Gasteiger partial charge is 0.416 e. The minimum atomic E-state index is -4.50. The molecule has 4 nitrogen and oxygen atoms in total. The monoisotopic (exact) mass is 317 g/mol. The number of benzene rings is 1. The van der Waals surface area contributed by atoms with Gasteiger partial charge in [-0.1, -0.05) is 18.2 Å². The second-order valence-corrected chi connectivity index (χ2v) is 5.56. The molecule has 1 aromatic carbocycles. The molecule has 0 bridgehead atoms. The van der Waals surface area contributed by atoms with Gasteiger partial charge in [0.1, 0.15) is 11.4 Å². The van der Waals surface area contributed by atoms with Crippen molar-refractivity contribution in [3.05, 3.63) is 35.4 Å². The highest BCUT2D eigenvalue weighted by atomic mass is 19.4. The SMILES string of the molecule is CC(C)(C)OC(=O)NCC=Cc1ccc(C(F)(F)F)cc1O. The largest absolute Gasteiger partial charge is 0.507 e. The van der Waals surface area contributed by atoms with Crippen LogP contribution in [0.3, 0.4) is 0 Å². The first-order chi connectivity index (χ1) is 9.99. The Morgan fingerprint density at radius 3 is 2.45 bits per heavy atom. The summed E-state index contributed by atoms with van der Waals surface area (Å²) in [5.74, 6) is -0.483. The average Bonchev–Trinajstić information content (AvgIpc) is 2.32. The predicted octanol–water partition coefficient (Wildman–Crippen LogP) is 3.95. The maximum atomic E-state index is 12.4. The van der Waals surface area contributed by atoms with Crippen LogP contribution in [0.5, 0.6) is 5.75 Å². The van der Waals surface area contributed by atoms with E-state index in [4.69, 9.17) is 4.74 Å². The molecule has 22 heavy (non-hydrogen) atoms. The number of hydrogen-bond donors (Lipinski definition) is 2. The van der Waals surface area contributed by atoms with Crippen molar-refractivity contribution in [2.45, 2.75) is 32.5 Å². The van der Waals surface area contributed by atoms with E-state index in [9.17, 15) is 23.1 Å². The normalized spacial score (nSPS) is 12.5. The van der Waals surface area contributed by atoms with Gasteiger partial charge in [-0.05, 0) is 32.9 Å². The van der Waals surface area contributed by atoms with Crippen LogP contribution in [0.4, 0.5) is 18.0 Å². The lowest BCUT2D eigenvalue weighted by molar-refractivity contribution is -0.137. The summed E-state index contributed by atoms with van der Waals surface area (Å²) in [7, 11) is 0. The lowest BCUT2D eigenvalue weighted by atomic mass is 10.1. The molecule has 0 spiro atoms. The van der Waals surface area contributed by atoms with Gasteiger partial charge >= 0.3 is 12.3 Å². The number of hydrogen-bond acceptors (Lipinski definition) is 3. The number of halogens is 3. The topological polar surface area (TPSA) is 58.6 Å². The number of aromatic hydroxyl groups is 1. The van der Waals surface area contributed by atoms with Crippen molar-refractivity contribution in [2.75, 3.05) is 6.54 Å². The van der Waals surface area contributed by atoms with Crippen LogP contribution in [0, 0.1) is 0 Å². The number of alkyl halides is 3. The van der Waals surface area contributed by atoms with Gasteiger partial charge in [0.15, 0.2) is 0 Å². The lowest BCUT2D eigenvalue weighted by Crippen LogP contribution is -2.32. The fourth-order valence-electron chi connectivity index (χ4n) is 1.50. The zero-order valence-electron chi connectivity index (χ0n) is 12.5. The number of alkyl carbamates (subject to hydrolysis) is 1. The van der Waals surface area contributed by atoms with Gasteiger partial charge in [-0.2, -0.15) is 13.2 Å². The first-order valence-electron chi connectivity index (χ1n) is 6.52. The minimum Gasteiger partial charge on any atom is -0.507 e. The molecule has 0 saturated heterocycles. The molecular weight excluding hydrogens is 299 g/mol. The second kappa shape index (κ2) is 6.72. The number of phenols is 1. The molecule has 0 atom stereocenters. The summed E-state index contributed by atoms with van der Waals surface area (Å²) in [6, 6.07) is 2.68. The number of carbonyl (C=O) groups is 1. The van der Waals surface area contributed by atoms with Crippen LogP contribution in [-0.2, 0) is 10.9 Å². The number of ether oxygens (including phenoxy) is 1. The number of phenolic OH excluding ortho intramolecular Hbond substituents is 1. The Balaban J connectivity index is 2.59. The van der Waals surface area contributed by atoms with E-state index in [2.05, 4.69) is 5.32 Å². The summed E-state index contributed by atoms with van der Waals surface area (Å²) in [5.41, 5.74) is -1.31. The van der Waals surface area contributed by atoms with Gasteiger partial charge in [-0.3, -0.25) is 0 Å². The molecule has 122 valence electrons. The standard InChI is InChI=1S/C15H18F3NO3/c1-14(2,3)22-13(21)19-8-4-5-10-6-7-11(9-12(10)20)15(16,17)18/h4-7,9,20H,8H2,1-3H3,(H,19,21). The van der Waals surface area contributed by atoms with Gasteiger partial charge in [-0.15, -0.1) is 0 Å². The Hall–Kier alpha value is -2.18. The Labute approximate surface area is 126 Å². The van der Waals surface area contributed by atoms with Crippen molar-refractivity contribution < 1.29 is 27.8 Å². The van der Waals surface area contributed by atoms with E-state index in [0.717, 1.165) is 12.1 Å². The van der Waals surface area contributed by atoms with Gasteiger partial charge in [0.25, 0.3) is 0 Å². The van der Waals surface area contributed by atoms with Crippen molar-refractivity contribution in [3.8, 4) is 5.75 Å². The minimum absolute atomic E-state index is 0.120. The third-order valence-corrected chi connectivity index (χ3v) is 2.42. The quantitative estimate of drug-likeness (QED) is 0.887. The van der Waals surface area contributed by atoms with Crippen molar-refractivity contribution >= 4 is 12.2 Å². The van der Waals surface area contributed by atoms with E-state index < -0.39 is 29.2 Å². The Morgan fingerprint density at radius 2 is 1.95 bits per heavy atom. The van der Waals surface area contributed by atoms with Gasteiger partial charge in [0, 0.05) is 12.1 Å². The van der Waals surface area contributed by atoms with E-state index in [-0.39, 0.29) is 12.1 Å². The first-order valence-corrected chi connectivity index (χ1v) is 6.52. The Kier molecular flexibility index (Phi) is 5.46. The van der Waals surface area contributed by atoms with E-state index in [1.54, 1.807) is 20.8 Å². The Bertz CT molecular complexity index is 560. The van der Waals surface area contributed by atoms with Crippen LogP contribution in [-0.4, -0.2) is 23.3 Å². The van der Waals surface area contributed by atoms with Gasteiger partial charge < -0.3 is 15.2 Å². The summed E-state index contributed by atoms with van der Waals surface area (Å²) in [5, 5.41) is 12.0. The molecule has 0 unspecified atom stereocenters. The summed E-state index contributed by atoms with van der Waals surface area (Å²) < 4.78 is 42.3. The van der Waals surface area contributed by atoms with Crippen LogP contribution in [0.25, 0.3) is 6.08 Å². The van der Waals surface area contributed by atoms with E-state index in [1.807, 2.05) is 0 Å². The first kappa shape index (κ1) is 17.9. The van der Waals surface area contributed by atoms with Gasteiger partial charge in [0.05, 0.1) is 5.56 Å². The van der Waals surface area contributed by atoms with Gasteiger partial charge in [0.2, 0.25) is 0 Å². The van der Waals surface area contributed by atoms with Gasteiger partial charge in [-0.25, -0.2) is 4.79 Å². The highest BCUT2D eigenvalue weighted by Gasteiger charge is 2.30. The maximum absolute atomic E-state index is 12.4. The molecule has 7 heteroatoms. The second-order valence-electron chi connectivity index (χ2n) is 5.56. The molecular formula is C15H18F3NO3. The van der Waals surface area contributed by atoms with E-state index >= 15 is 0 Å². The zero-order valence-corrected chi connectivity index (χ0v) is 12.5. The van der Waals surface area contributed by atoms with Crippen molar-refractivity contribution in [3.63, 3.8) is 0 Å². The van der Waals surface area contributed by atoms with Crippen LogP contribution >= 0.6 is 0 Å². The Morgan fingerprint density at radius 1 is 1.32 bits per heavy atom. The number of rotatable bonds is 3. The average molecular weight is 317 g/mol. The highest BCUT2D eigenvalue weighted by molar-refractivity contribution is 5.68. The summed E-state index contributed by atoms with van der Waals surface area (Å²) in [6.07, 6.45) is -2.20. The highest BCUT2D eigenvalue weighted by Crippen LogP contribution is 2.32. The molecule has 0 aromatic heterocycles. The molecule has 0 aliphatic carbocycles. The summed E-state index contributed by atoms with van der Waals surface area (Å²) >= 11 is 0. The van der Waals surface area contributed by atoms with E-state index in [1.165, 1.54) is 12.2 Å². The third kappa shape index (κ3) is 6.07. The molecule has 0 saturated carbocycles. The van der Waals surface area contributed by atoms with Crippen LogP contribution in [0.15, 0.2) is 24.3 Å². The molecule has 1 aromatic rings. The number of carbonyl (C=O) groups excluding carboxylic acids is 1. The zero-order chi connectivity index (χ0) is 17.0. The summed E-state index contributed by atoms with van der Waals surface area (Å²) in [6.45, 7) is 5.29. The van der Waals surface area contributed by atoms with Crippen LogP contribution in [0.2, 0.25) is 0 Å². The molecule has 0 aliphatic rings. The molecule has 0 fully saturated rings. The van der Waals surface area contributed by atoms with E-state index in [0.29, 0.717) is 6.07 Å². The molecule has 2 N–H and O–H groups in total. The fourth-order valence-corrected chi connectivity index (χ4v) is 1.50. The molecule has 0 radical (unpaired) electrons. The number of nitrogens with one attached hydrogen (secondary N) is 1. The third-order valence-electron chi connectivity index (χ3n) is 2.42. The van der Waals surface area contributed by atoms with Crippen molar-refractivity contribution in [1.29, 1.82) is 0 Å². The maximum Gasteiger partial charge on any atom is 0.416 e. The van der Waals surface area contributed by atoms with Crippen molar-refractivity contribution in [1.82, 2.24) is 5.32 Å². The fraction of sp³-hybridized carbons (Fsp3) is 0.400.